The molecular weight excluding hydrogens is 238 g/mol. The summed E-state index contributed by atoms with van der Waals surface area (Å²) in [6.07, 6.45) is 2.72. The molecule has 0 bridgehead atoms. The zero-order valence-corrected chi connectivity index (χ0v) is 12.1. The van der Waals surface area contributed by atoms with Gasteiger partial charge in [-0.1, -0.05) is 19.9 Å². The SMILES string of the molecule is CCNC(C)c1ccc(N2CCC(C)C(O)C2)nc1. The molecule has 0 radical (unpaired) electrons. The molecule has 1 aromatic rings. The smallest absolute Gasteiger partial charge is 0.128 e. The summed E-state index contributed by atoms with van der Waals surface area (Å²) in [5.41, 5.74) is 1.21. The van der Waals surface area contributed by atoms with Crippen molar-refractivity contribution in [2.75, 3.05) is 24.5 Å². The standard InChI is InChI=1S/C15H25N3O/c1-4-16-12(3)13-5-6-15(17-9-13)18-8-7-11(2)14(19)10-18/h5-6,9,11-12,14,16,19H,4,7-8,10H2,1-3H3. The summed E-state index contributed by atoms with van der Waals surface area (Å²) in [6.45, 7) is 8.99. The molecule has 1 saturated heterocycles. The van der Waals surface area contributed by atoms with Crippen molar-refractivity contribution in [3.63, 3.8) is 0 Å². The van der Waals surface area contributed by atoms with E-state index < -0.39 is 0 Å². The van der Waals surface area contributed by atoms with Gasteiger partial charge in [-0.2, -0.15) is 0 Å². The molecule has 1 aromatic heterocycles. The Morgan fingerprint density at radius 2 is 2.32 bits per heavy atom. The number of hydrogen-bond donors (Lipinski definition) is 2. The maximum Gasteiger partial charge on any atom is 0.128 e. The van der Waals surface area contributed by atoms with Crippen molar-refractivity contribution in [3.05, 3.63) is 23.9 Å². The highest BCUT2D eigenvalue weighted by Gasteiger charge is 2.24. The summed E-state index contributed by atoms with van der Waals surface area (Å²) in [6, 6.07) is 4.52. The average Bonchev–Trinajstić information content (AvgIpc) is 2.42. The third-order valence-corrected chi connectivity index (χ3v) is 4.02. The van der Waals surface area contributed by atoms with Gasteiger partial charge in [-0.15, -0.1) is 0 Å². The molecule has 1 aliphatic heterocycles. The van der Waals surface area contributed by atoms with E-state index >= 15 is 0 Å². The molecule has 2 heterocycles. The first-order valence-corrected chi connectivity index (χ1v) is 7.24. The first-order valence-electron chi connectivity index (χ1n) is 7.24. The molecular formula is C15H25N3O. The fourth-order valence-electron chi connectivity index (χ4n) is 2.52. The fraction of sp³-hybridized carbons (Fsp3) is 0.667. The lowest BCUT2D eigenvalue weighted by Crippen LogP contribution is -2.43. The van der Waals surface area contributed by atoms with Gasteiger partial charge in [-0.05, 0) is 37.4 Å². The number of aliphatic hydroxyl groups excluding tert-OH is 1. The van der Waals surface area contributed by atoms with E-state index in [1.807, 2.05) is 6.20 Å². The van der Waals surface area contributed by atoms with Gasteiger partial charge in [0.25, 0.3) is 0 Å². The largest absolute Gasteiger partial charge is 0.391 e. The van der Waals surface area contributed by atoms with Crippen molar-refractivity contribution in [1.82, 2.24) is 10.3 Å². The quantitative estimate of drug-likeness (QED) is 0.872. The number of nitrogens with zero attached hydrogens (tertiary/aromatic N) is 2. The Morgan fingerprint density at radius 1 is 1.53 bits per heavy atom. The van der Waals surface area contributed by atoms with Gasteiger partial charge < -0.3 is 15.3 Å². The molecule has 3 unspecified atom stereocenters. The Kier molecular flexibility index (Phi) is 4.77. The van der Waals surface area contributed by atoms with E-state index in [2.05, 4.69) is 48.1 Å². The van der Waals surface area contributed by atoms with Gasteiger partial charge in [0, 0.05) is 25.3 Å². The minimum Gasteiger partial charge on any atom is -0.391 e. The molecule has 3 atom stereocenters. The molecule has 0 amide bonds. The van der Waals surface area contributed by atoms with E-state index in [0.717, 1.165) is 25.3 Å². The maximum atomic E-state index is 9.94. The molecule has 0 aromatic carbocycles. The van der Waals surface area contributed by atoms with Crippen LogP contribution < -0.4 is 10.2 Å². The predicted molar refractivity (Wildman–Crippen MR) is 78.3 cm³/mol. The van der Waals surface area contributed by atoms with E-state index in [9.17, 15) is 5.11 Å². The van der Waals surface area contributed by atoms with Crippen molar-refractivity contribution in [3.8, 4) is 0 Å². The van der Waals surface area contributed by atoms with Crippen LogP contribution in [0.5, 0.6) is 0 Å². The lowest BCUT2D eigenvalue weighted by molar-refractivity contribution is 0.102. The monoisotopic (exact) mass is 263 g/mol. The van der Waals surface area contributed by atoms with Crippen molar-refractivity contribution in [2.45, 2.75) is 39.3 Å². The van der Waals surface area contributed by atoms with Crippen LogP contribution in [0.1, 0.15) is 38.8 Å². The number of β-amino-alcohol motifs (C(OH)–C–C–N with tert-alkyl or cyclic N) is 1. The Bertz CT molecular complexity index is 393. The van der Waals surface area contributed by atoms with Gasteiger partial charge in [0.15, 0.2) is 0 Å². The number of nitrogens with one attached hydrogen (secondary N) is 1. The van der Waals surface area contributed by atoms with Gasteiger partial charge in [0.05, 0.1) is 6.10 Å². The van der Waals surface area contributed by atoms with Crippen molar-refractivity contribution >= 4 is 5.82 Å². The molecule has 106 valence electrons. The third kappa shape index (κ3) is 3.45. The normalized spacial score (nSPS) is 25.4. The predicted octanol–water partition coefficient (Wildman–Crippen LogP) is 1.96. The molecule has 0 spiro atoms. The van der Waals surface area contributed by atoms with Crippen molar-refractivity contribution in [2.24, 2.45) is 5.92 Å². The van der Waals surface area contributed by atoms with E-state index in [1.165, 1.54) is 5.56 Å². The van der Waals surface area contributed by atoms with Gasteiger partial charge in [0.1, 0.15) is 5.82 Å². The number of aromatic nitrogens is 1. The number of aliphatic hydroxyl groups is 1. The Morgan fingerprint density at radius 3 is 2.89 bits per heavy atom. The van der Waals surface area contributed by atoms with Crippen LogP contribution in [-0.2, 0) is 0 Å². The second-order valence-corrected chi connectivity index (χ2v) is 5.51. The molecule has 4 nitrogen and oxygen atoms in total. The van der Waals surface area contributed by atoms with Crippen LogP contribution in [0.15, 0.2) is 18.3 Å². The van der Waals surface area contributed by atoms with E-state index in [4.69, 9.17) is 0 Å². The molecule has 2 N–H and O–H groups in total. The molecule has 1 aliphatic rings. The number of piperidine rings is 1. The molecule has 19 heavy (non-hydrogen) atoms. The number of pyridine rings is 1. The Hall–Kier alpha value is -1.13. The molecule has 0 saturated carbocycles. The highest BCUT2D eigenvalue weighted by atomic mass is 16.3. The van der Waals surface area contributed by atoms with Crippen LogP contribution in [0.3, 0.4) is 0 Å². The second kappa shape index (κ2) is 6.35. The van der Waals surface area contributed by atoms with Crippen molar-refractivity contribution in [1.29, 1.82) is 0 Å². The van der Waals surface area contributed by atoms with Crippen LogP contribution >= 0.6 is 0 Å². The van der Waals surface area contributed by atoms with Crippen LogP contribution in [0.4, 0.5) is 5.82 Å². The van der Waals surface area contributed by atoms with E-state index in [1.54, 1.807) is 0 Å². The molecule has 1 fully saturated rings. The van der Waals surface area contributed by atoms with Crippen LogP contribution in [0.2, 0.25) is 0 Å². The fourth-order valence-corrected chi connectivity index (χ4v) is 2.52. The number of anilines is 1. The lowest BCUT2D eigenvalue weighted by Gasteiger charge is -2.35. The summed E-state index contributed by atoms with van der Waals surface area (Å²) < 4.78 is 0. The number of rotatable bonds is 4. The summed E-state index contributed by atoms with van der Waals surface area (Å²) in [7, 11) is 0. The van der Waals surface area contributed by atoms with E-state index in [0.29, 0.717) is 18.5 Å². The highest BCUT2D eigenvalue weighted by molar-refractivity contribution is 5.40. The van der Waals surface area contributed by atoms with Gasteiger partial charge in [-0.25, -0.2) is 4.98 Å². The molecule has 4 heteroatoms. The minimum atomic E-state index is -0.240. The van der Waals surface area contributed by atoms with Crippen molar-refractivity contribution < 1.29 is 5.11 Å². The topological polar surface area (TPSA) is 48.4 Å². The number of hydrogen-bond acceptors (Lipinski definition) is 4. The zero-order valence-electron chi connectivity index (χ0n) is 12.1. The van der Waals surface area contributed by atoms with E-state index in [-0.39, 0.29) is 6.10 Å². The highest BCUT2D eigenvalue weighted by Crippen LogP contribution is 2.22. The Labute approximate surface area is 115 Å². The Balaban J connectivity index is 2.02. The van der Waals surface area contributed by atoms with Crippen LogP contribution in [0, 0.1) is 5.92 Å². The van der Waals surface area contributed by atoms with Crippen LogP contribution in [-0.4, -0.2) is 35.8 Å². The lowest BCUT2D eigenvalue weighted by atomic mass is 9.96. The third-order valence-electron chi connectivity index (χ3n) is 4.02. The summed E-state index contributed by atoms with van der Waals surface area (Å²) in [4.78, 5) is 6.71. The molecule has 2 rings (SSSR count). The van der Waals surface area contributed by atoms with Crippen LogP contribution in [0.25, 0.3) is 0 Å². The minimum absolute atomic E-state index is 0.240. The van der Waals surface area contributed by atoms with Gasteiger partial charge >= 0.3 is 0 Å². The van der Waals surface area contributed by atoms with Gasteiger partial charge in [0.2, 0.25) is 0 Å². The molecule has 0 aliphatic carbocycles. The average molecular weight is 263 g/mol. The van der Waals surface area contributed by atoms with Gasteiger partial charge in [-0.3, -0.25) is 0 Å². The summed E-state index contributed by atoms with van der Waals surface area (Å²) in [5.74, 6) is 1.36. The zero-order chi connectivity index (χ0) is 13.8. The summed E-state index contributed by atoms with van der Waals surface area (Å²) >= 11 is 0. The second-order valence-electron chi connectivity index (χ2n) is 5.51. The first kappa shape index (κ1) is 14.3. The first-order chi connectivity index (χ1) is 9.11. The summed E-state index contributed by atoms with van der Waals surface area (Å²) in [5, 5.41) is 13.3. The maximum absolute atomic E-state index is 9.94.